The van der Waals surface area contributed by atoms with E-state index < -0.39 is 0 Å². The van der Waals surface area contributed by atoms with Crippen molar-refractivity contribution in [2.24, 2.45) is 0 Å². The van der Waals surface area contributed by atoms with Crippen LogP contribution < -0.4 is 14.2 Å². The van der Waals surface area contributed by atoms with Crippen molar-refractivity contribution in [3.8, 4) is 28.4 Å². The largest absolute Gasteiger partial charge is 0.497 e. The van der Waals surface area contributed by atoms with E-state index in [2.05, 4.69) is 62.2 Å². The van der Waals surface area contributed by atoms with E-state index in [9.17, 15) is 4.79 Å². The number of methoxy groups -OCH3 is 1. The molecule has 172 valence electrons. The van der Waals surface area contributed by atoms with E-state index in [0.717, 1.165) is 49.0 Å². The second-order valence-corrected chi connectivity index (χ2v) is 9.29. The minimum Gasteiger partial charge on any atom is -0.497 e. The lowest BCUT2D eigenvalue weighted by atomic mass is 10.0. The van der Waals surface area contributed by atoms with E-state index >= 15 is 0 Å². The fraction of sp³-hybridized carbons (Fsp3) is 0.107. The van der Waals surface area contributed by atoms with Crippen LogP contribution in [0.25, 0.3) is 11.1 Å². The molecule has 0 fully saturated rings. The molecular formula is C28H22Br2O4. The number of benzene rings is 4. The number of rotatable bonds is 9. The lowest BCUT2D eigenvalue weighted by molar-refractivity contribution is 0.112. The van der Waals surface area contributed by atoms with Gasteiger partial charge in [-0.1, -0.05) is 36.4 Å². The molecule has 0 bridgehead atoms. The van der Waals surface area contributed by atoms with Crippen molar-refractivity contribution in [3.05, 3.63) is 111 Å². The summed E-state index contributed by atoms with van der Waals surface area (Å²) in [5.74, 6) is 2.23. The molecule has 0 aliphatic rings. The monoisotopic (exact) mass is 580 g/mol. The molecule has 0 aliphatic heterocycles. The second kappa shape index (κ2) is 11.4. The van der Waals surface area contributed by atoms with E-state index in [1.165, 1.54) is 0 Å². The van der Waals surface area contributed by atoms with E-state index in [1.807, 2.05) is 36.4 Å². The van der Waals surface area contributed by atoms with Crippen LogP contribution in [-0.2, 0) is 13.2 Å². The molecule has 0 unspecified atom stereocenters. The number of ether oxygens (including phenoxy) is 3. The molecule has 0 aromatic heterocycles. The van der Waals surface area contributed by atoms with Gasteiger partial charge in [-0.2, -0.15) is 0 Å². The third kappa shape index (κ3) is 6.07. The van der Waals surface area contributed by atoms with Crippen molar-refractivity contribution in [2.45, 2.75) is 13.2 Å². The van der Waals surface area contributed by atoms with Crippen LogP contribution in [0.5, 0.6) is 17.2 Å². The van der Waals surface area contributed by atoms with Crippen LogP contribution in [0.4, 0.5) is 0 Å². The van der Waals surface area contributed by atoms with Gasteiger partial charge in [-0.3, -0.25) is 4.79 Å². The Morgan fingerprint density at radius 3 is 1.76 bits per heavy atom. The second-order valence-electron chi connectivity index (χ2n) is 7.58. The molecule has 0 N–H and O–H groups in total. The summed E-state index contributed by atoms with van der Waals surface area (Å²) < 4.78 is 18.8. The van der Waals surface area contributed by atoms with Gasteiger partial charge in [0.15, 0.2) is 0 Å². The van der Waals surface area contributed by atoms with Gasteiger partial charge in [0.1, 0.15) is 36.7 Å². The molecule has 0 radical (unpaired) electrons. The highest BCUT2D eigenvalue weighted by Crippen LogP contribution is 2.31. The van der Waals surface area contributed by atoms with Crippen LogP contribution in [0.1, 0.15) is 21.5 Å². The van der Waals surface area contributed by atoms with Crippen LogP contribution in [0.3, 0.4) is 0 Å². The normalized spacial score (nSPS) is 10.6. The first-order chi connectivity index (χ1) is 16.6. The Balaban J connectivity index is 1.44. The summed E-state index contributed by atoms with van der Waals surface area (Å²) in [6.07, 6.45) is 0.813. The van der Waals surface area contributed by atoms with Crippen LogP contribution in [0, 0.1) is 0 Å². The van der Waals surface area contributed by atoms with E-state index in [4.69, 9.17) is 14.2 Å². The third-order valence-electron chi connectivity index (χ3n) is 5.21. The molecule has 4 aromatic carbocycles. The molecule has 0 atom stereocenters. The molecular weight excluding hydrogens is 560 g/mol. The maximum Gasteiger partial charge on any atom is 0.150 e. The van der Waals surface area contributed by atoms with Gasteiger partial charge in [0.25, 0.3) is 0 Å². The molecule has 34 heavy (non-hydrogen) atoms. The van der Waals surface area contributed by atoms with Gasteiger partial charge in [0.2, 0.25) is 0 Å². The summed E-state index contributed by atoms with van der Waals surface area (Å²) in [6, 6.07) is 27.5. The number of halogens is 2. The fourth-order valence-corrected chi connectivity index (χ4v) is 4.42. The quantitative estimate of drug-likeness (QED) is 0.189. The predicted octanol–water partition coefficient (Wildman–Crippen LogP) is 7.86. The minimum atomic E-state index is 0.418. The summed E-state index contributed by atoms with van der Waals surface area (Å²) in [6.45, 7) is 0.869. The Morgan fingerprint density at radius 1 is 0.706 bits per heavy atom. The highest BCUT2D eigenvalue weighted by Gasteiger charge is 2.07. The van der Waals surface area contributed by atoms with Gasteiger partial charge in [0, 0.05) is 5.56 Å². The lowest BCUT2D eigenvalue weighted by Gasteiger charge is -2.12. The molecule has 4 nitrogen and oxygen atoms in total. The van der Waals surface area contributed by atoms with Crippen molar-refractivity contribution in [3.63, 3.8) is 0 Å². The molecule has 0 saturated heterocycles. The first kappa shape index (κ1) is 24.0. The van der Waals surface area contributed by atoms with Crippen molar-refractivity contribution in [1.82, 2.24) is 0 Å². The number of hydrogen-bond donors (Lipinski definition) is 0. The molecule has 6 heteroatoms. The first-order valence-corrected chi connectivity index (χ1v) is 12.2. The number of hydrogen-bond acceptors (Lipinski definition) is 4. The Kier molecular flexibility index (Phi) is 8.03. The van der Waals surface area contributed by atoms with Crippen molar-refractivity contribution in [1.29, 1.82) is 0 Å². The number of carbonyl (C=O) groups is 1. The summed E-state index contributed by atoms with van der Waals surface area (Å²) in [4.78, 5) is 10.9. The van der Waals surface area contributed by atoms with Crippen LogP contribution in [-0.4, -0.2) is 13.4 Å². The van der Waals surface area contributed by atoms with E-state index in [0.29, 0.717) is 24.5 Å². The van der Waals surface area contributed by atoms with Crippen LogP contribution in [0.2, 0.25) is 0 Å². The maximum atomic E-state index is 10.9. The highest BCUT2D eigenvalue weighted by molar-refractivity contribution is 9.10. The van der Waals surface area contributed by atoms with Crippen molar-refractivity contribution < 1.29 is 19.0 Å². The summed E-state index contributed by atoms with van der Waals surface area (Å²) >= 11 is 6.99. The number of aldehydes is 1. The molecule has 0 aliphatic carbocycles. The minimum absolute atomic E-state index is 0.418. The van der Waals surface area contributed by atoms with Crippen LogP contribution >= 0.6 is 31.9 Å². The fourth-order valence-electron chi connectivity index (χ4n) is 3.44. The van der Waals surface area contributed by atoms with Gasteiger partial charge in [-0.25, -0.2) is 0 Å². The summed E-state index contributed by atoms with van der Waals surface area (Å²) in [5.41, 5.74) is 4.93. The smallest absolute Gasteiger partial charge is 0.150 e. The molecule has 0 amide bonds. The zero-order chi connectivity index (χ0) is 23.9. The van der Waals surface area contributed by atoms with Gasteiger partial charge in [-0.15, -0.1) is 0 Å². The van der Waals surface area contributed by atoms with Gasteiger partial charge in [0.05, 0.1) is 16.1 Å². The molecule has 0 heterocycles. The molecule has 0 saturated carbocycles. The predicted molar refractivity (Wildman–Crippen MR) is 141 cm³/mol. The molecule has 0 spiro atoms. The van der Waals surface area contributed by atoms with Crippen molar-refractivity contribution in [2.75, 3.05) is 7.11 Å². The average Bonchev–Trinajstić information content (AvgIpc) is 2.87. The zero-order valence-corrected chi connectivity index (χ0v) is 21.6. The SMILES string of the molecule is COc1ccc(OCc2cccc(-c3cccc(COc4ccc(C=O)cc4Br)c3)c2)c(Br)c1. The Labute approximate surface area is 215 Å². The van der Waals surface area contributed by atoms with Crippen molar-refractivity contribution >= 4 is 38.1 Å². The maximum absolute atomic E-state index is 10.9. The molecule has 4 aromatic rings. The standard InChI is InChI=1S/C28H22Br2O4/c1-32-24-9-11-28(26(30)15-24)34-18-21-5-3-7-23(13-21)22-6-2-4-20(12-22)17-33-27-10-8-19(16-31)14-25(27)29/h2-16H,17-18H2,1H3. The van der Waals surface area contributed by atoms with E-state index in [-0.39, 0.29) is 0 Å². The molecule has 4 rings (SSSR count). The van der Waals surface area contributed by atoms with Crippen LogP contribution in [0.15, 0.2) is 93.9 Å². The van der Waals surface area contributed by atoms with E-state index in [1.54, 1.807) is 25.3 Å². The topological polar surface area (TPSA) is 44.8 Å². The first-order valence-electron chi connectivity index (χ1n) is 10.6. The summed E-state index contributed by atoms with van der Waals surface area (Å²) in [7, 11) is 1.64. The Bertz CT molecular complexity index is 1300. The zero-order valence-electron chi connectivity index (χ0n) is 18.5. The summed E-state index contributed by atoms with van der Waals surface area (Å²) in [5, 5.41) is 0. The Hall–Kier alpha value is -3.09. The van der Waals surface area contributed by atoms with Gasteiger partial charge >= 0.3 is 0 Å². The average molecular weight is 582 g/mol. The Morgan fingerprint density at radius 2 is 1.26 bits per heavy atom. The highest BCUT2D eigenvalue weighted by atomic mass is 79.9. The van der Waals surface area contributed by atoms with Gasteiger partial charge < -0.3 is 14.2 Å². The number of carbonyl (C=O) groups excluding carboxylic acids is 1. The third-order valence-corrected chi connectivity index (χ3v) is 6.45. The van der Waals surface area contributed by atoms with Gasteiger partial charge in [-0.05, 0) is 103 Å². The lowest BCUT2D eigenvalue weighted by Crippen LogP contribution is -1.98.